The van der Waals surface area contributed by atoms with Crippen molar-refractivity contribution in [1.29, 1.82) is 5.26 Å². The molecule has 0 bridgehead atoms. The first-order chi connectivity index (χ1) is 7.56. The SMILES string of the molecule is CN(C(=O)CCC#N)c1ccc(F)c(Cl)c1. The van der Waals surface area contributed by atoms with Gasteiger partial charge in [-0.3, -0.25) is 4.79 Å². The van der Waals surface area contributed by atoms with Crippen LogP contribution in [0.25, 0.3) is 0 Å². The lowest BCUT2D eigenvalue weighted by atomic mass is 10.2. The minimum absolute atomic E-state index is 0.0302. The highest BCUT2D eigenvalue weighted by atomic mass is 35.5. The number of carbonyl (C=O) groups is 1. The second-order valence-electron chi connectivity index (χ2n) is 3.21. The molecular formula is C11H10ClFN2O. The van der Waals surface area contributed by atoms with Gasteiger partial charge in [0.25, 0.3) is 0 Å². The smallest absolute Gasteiger partial charge is 0.227 e. The van der Waals surface area contributed by atoms with Crippen LogP contribution in [0.4, 0.5) is 10.1 Å². The highest BCUT2D eigenvalue weighted by molar-refractivity contribution is 6.31. The molecule has 5 heteroatoms. The Labute approximate surface area is 98.0 Å². The van der Waals surface area contributed by atoms with E-state index in [4.69, 9.17) is 16.9 Å². The van der Waals surface area contributed by atoms with Crippen molar-refractivity contribution in [3.8, 4) is 6.07 Å². The lowest BCUT2D eigenvalue weighted by Crippen LogP contribution is -2.25. The molecule has 16 heavy (non-hydrogen) atoms. The topological polar surface area (TPSA) is 44.1 Å². The van der Waals surface area contributed by atoms with Gasteiger partial charge in [0.1, 0.15) is 5.82 Å². The first-order valence-corrected chi connectivity index (χ1v) is 5.02. The summed E-state index contributed by atoms with van der Waals surface area (Å²) in [5, 5.41) is 8.33. The molecular weight excluding hydrogens is 231 g/mol. The normalized spacial score (nSPS) is 9.62. The van der Waals surface area contributed by atoms with Crippen molar-refractivity contribution in [3.05, 3.63) is 29.0 Å². The molecule has 0 saturated heterocycles. The monoisotopic (exact) mass is 240 g/mol. The van der Waals surface area contributed by atoms with Gasteiger partial charge in [0.15, 0.2) is 0 Å². The Morgan fingerprint density at radius 3 is 2.88 bits per heavy atom. The van der Waals surface area contributed by atoms with Gasteiger partial charge >= 0.3 is 0 Å². The number of halogens is 2. The Morgan fingerprint density at radius 1 is 1.62 bits per heavy atom. The number of carbonyl (C=O) groups excluding carboxylic acids is 1. The summed E-state index contributed by atoms with van der Waals surface area (Å²) < 4.78 is 12.9. The molecule has 0 N–H and O–H groups in total. The van der Waals surface area contributed by atoms with E-state index in [-0.39, 0.29) is 23.8 Å². The first-order valence-electron chi connectivity index (χ1n) is 4.65. The van der Waals surface area contributed by atoms with E-state index >= 15 is 0 Å². The number of benzene rings is 1. The lowest BCUT2D eigenvalue weighted by Gasteiger charge is -2.16. The third-order valence-electron chi connectivity index (χ3n) is 2.12. The van der Waals surface area contributed by atoms with Crippen LogP contribution < -0.4 is 4.90 Å². The molecule has 0 saturated carbocycles. The van der Waals surface area contributed by atoms with Gasteiger partial charge in [-0.25, -0.2) is 4.39 Å². The minimum atomic E-state index is -0.525. The van der Waals surface area contributed by atoms with Crippen LogP contribution in [0.15, 0.2) is 18.2 Å². The number of hydrogen-bond donors (Lipinski definition) is 0. The first kappa shape index (κ1) is 12.5. The maximum absolute atomic E-state index is 12.9. The average molecular weight is 241 g/mol. The lowest BCUT2D eigenvalue weighted by molar-refractivity contribution is -0.118. The van der Waals surface area contributed by atoms with Gasteiger partial charge in [-0.05, 0) is 18.2 Å². The zero-order valence-corrected chi connectivity index (χ0v) is 9.46. The van der Waals surface area contributed by atoms with Crippen LogP contribution in [-0.4, -0.2) is 13.0 Å². The molecule has 0 spiro atoms. The molecule has 1 rings (SSSR count). The Bertz CT molecular complexity index is 442. The van der Waals surface area contributed by atoms with Gasteiger partial charge in [-0.15, -0.1) is 0 Å². The molecule has 0 aliphatic rings. The second kappa shape index (κ2) is 5.47. The summed E-state index contributed by atoms with van der Waals surface area (Å²) >= 11 is 5.60. The molecule has 0 fully saturated rings. The van der Waals surface area contributed by atoms with Gasteiger partial charge in [0.2, 0.25) is 5.91 Å². The fourth-order valence-electron chi connectivity index (χ4n) is 1.17. The van der Waals surface area contributed by atoms with Gasteiger partial charge < -0.3 is 4.90 Å². The molecule has 0 atom stereocenters. The minimum Gasteiger partial charge on any atom is -0.315 e. The summed E-state index contributed by atoms with van der Waals surface area (Å²) in [5.41, 5.74) is 0.509. The van der Waals surface area contributed by atoms with Crippen molar-refractivity contribution >= 4 is 23.2 Å². The second-order valence-corrected chi connectivity index (χ2v) is 3.62. The van der Waals surface area contributed by atoms with Crippen LogP contribution in [0.2, 0.25) is 5.02 Å². The Morgan fingerprint density at radius 2 is 2.31 bits per heavy atom. The van der Waals surface area contributed by atoms with Crippen LogP contribution in [-0.2, 0) is 4.79 Å². The van der Waals surface area contributed by atoms with Crippen LogP contribution >= 0.6 is 11.6 Å². The van der Waals surface area contributed by atoms with Gasteiger partial charge in [0, 0.05) is 25.6 Å². The van der Waals surface area contributed by atoms with Crippen molar-refractivity contribution in [2.75, 3.05) is 11.9 Å². The van der Waals surface area contributed by atoms with Gasteiger partial charge in [-0.2, -0.15) is 5.26 Å². The van der Waals surface area contributed by atoms with E-state index in [1.807, 2.05) is 6.07 Å². The van der Waals surface area contributed by atoms with Crippen LogP contribution in [0.1, 0.15) is 12.8 Å². The molecule has 3 nitrogen and oxygen atoms in total. The molecule has 0 radical (unpaired) electrons. The van der Waals surface area contributed by atoms with Crippen LogP contribution in [0, 0.1) is 17.1 Å². The third kappa shape index (κ3) is 2.94. The number of nitriles is 1. The van der Waals surface area contributed by atoms with Gasteiger partial charge in [-0.1, -0.05) is 11.6 Å². The van der Waals surface area contributed by atoms with E-state index in [0.717, 1.165) is 0 Å². The Hall–Kier alpha value is -1.60. The number of anilines is 1. The molecule has 0 heterocycles. The molecule has 84 valence electrons. The summed E-state index contributed by atoms with van der Waals surface area (Å²) in [4.78, 5) is 12.9. The number of nitrogens with zero attached hydrogens (tertiary/aromatic N) is 2. The van der Waals surface area contributed by atoms with Gasteiger partial charge in [0.05, 0.1) is 11.1 Å². The molecule has 0 aliphatic carbocycles. The zero-order valence-electron chi connectivity index (χ0n) is 8.70. The van der Waals surface area contributed by atoms with Crippen LogP contribution in [0.5, 0.6) is 0 Å². The third-order valence-corrected chi connectivity index (χ3v) is 2.40. The summed E-state index contributed by atoms with van der Waals surface area (Å²) in [5.74, 6) is -0.729. The van der Waals surface area contributed by atoms with Crippen molar-refractivity contribution in [2.24, 2.45) is 0 Å². The van der Waals surface area contributed by atoms with Crippen molar-refractivity contribution < 1.29 is 9.18 Å². The number of hydrogen-bond acceptors (Lipinski definition) is 2. The molecule has 1 aromatic carbocycles. The van der Waals surface area contributed by atoms with E-state index in [1.165, 1.54) is 23.1 Å². The van der Waals surface area contributed by atoms with Crippen molar-refractivity contribution in [2.45, 2.75) is 12.8 Å². The van der Waals surface area contributed by atoms with E-state index in [2.05, 4.69) is 0 Å². The zero-order chi connectivity index (χ0) is 12.1. The molecule has 0 aliphatic heterocycles. The number of amides is 1. The largest absolute Gasteiger partial charge is 0.315 e. The fraction of sp³-hybridized carbons (Fsp3) is 0.273. The highest BCUT2D eigenvalue weighted by Crippen LogP contribution is 2.22. The summed E-state index contributed by atoms with van der Waals surface area (Å²) in [6.07, 6.45) is 0.306. The van der Waals surface area contributed by atoms with E-state index in [0.29, 0.717) is 5.69 Å². The van der Waals surface area contributed by atoms with Crippen molar-refractivity contribution in [3.63, 3.8) is 0 Å². The quantitative estimate of drug-likeness (QED) is 0.815. The Kier molecular flexibility index (Phi) is 4.27. The average Bonchev–Trinajstić information content (AvgIpc) is 2.28. The van der Waals surface area contributed by atoms with Crippen molar-refractivity contribution in [1.82, 2.24) is 0 Å². The van der Waals surface area contributed by atoms with E-state index in [9.17, 15) is 9.18 Å². The summed E-state index contributed by atoms with van der Waals surface area (Å²) in [6, 6.07) is 5.93. The van der Waals surface area contributed by atoms with E-state index in [1.54, 1.807) is 7.05 Å². The summed E-state index contributed by atoms with van der Waals surface area (Å²) in [7, 11) is 1.56. The standard InChI is InChI=1S/C11H10ClFN2O/c1-15(11(16)3-2-6-14)8-4-5-10(13)9(12)7-8/h4-5,7H,2-3H2,1H3. The highest BCUT2D eigenvalue weighted by Gasteiger charge is 2.11. The maximum atomic E-state index is 12.9. The maximum Gasteiger partial charge on any atom is 0.227 e. The predicted molar refractivity (Wildman–Crippen MR) is 59.7 cm³/mol. The summed E-state index contributed by atoms with van der Waals surface area (Å²) in [6.45, 7) is 0. The fourth-order valence-corrected chi connectivity index (χ4v) is 1.34. The Balaban J connectivity index is 2.80. The predicted octanol–water partition coefficient (Wildman–Crippen LogP) is 2.75. The molecule has 0 unspecified atom stereocenters. The molecule has 1 amide bonds. The number of rotatable bonds is 3. The molecule has 1 aromatic rings. The van der Waals surface area contributed by atoms with E-state index < -0.39 is 5.82 Å². The van der Waals surface area contributed by atoms with Crippen LogP contribution in [0.3, 0.4) is 0 Å². The molecule has 0 aromatic heterocycles.